The third-order valence-corrected chi connectivity index (χ3v) is 3.34. The zero-order valence-corrected chi connectivity index (χ0v) is 11.9. The Labute approximate surface area is 114 Å². The first-order chi connectivity index (χ1) is 8.15. The number of thiocarbonyl (C=S) groups is 1. The van der Waals surface area contributed by atoms with Gasteiger partial charge in [-0.3, -0.25) is 0 Å². The molecule has 1 rings (SSSR count). The molecule has 0 saturated heterocycles. The van der Waals surface area contributed by atoms with Crippen molar-refractivity contribution in [3.63, 3.8) is 0 Å². The SMILES string of the molecule is CCCCNC(=S)N(C)Cc1ccccc1Cl. The van der Waals surface area contributed by atoms with Crippen molar-refractivity contribution in [1.29, 1.82) is 0 Å². The van der Waals surface area contributed by atoms with Gasteiger partial charge in [0.25, 0.3) is 0 Å². The third-order valence-electron chi connectivity index (χ3n) is 2.52. The van der Waals surface area contributed by atoms with Crippen molar-refractivity contribution >= 4 is 28.9 Å². The standard InChI is InChI=1S/C13H19ClN2S/c1-3-4-9-15-13(17)16(2)10-11-7-5-6-8-12(11)14/h5-8H,3-4,9-10H2,1-2H3,(H,15,17). The van der Waals surface area contributed by atoms with Gasteiger partial charge in [0, 0.05) is 25.2 Å². The molecule has 0 fully saturated rings. The number of benzene rings is 1. The molecule has 2 nitrogen and oxygen atoms in total. The van der Waals surface area contributed by atoms with Gasteiger partial charge in [-0.1, -0.05) is 43.1 Å². The first-order valence-electron chi connectivity index (χ1n) is 5.87. The first-order valence-corrected chi connectivity index (χ1v) is 6.66. The maximum atomic E-state index is 6.11. The van der Waals surface area contributed by atoms with E-state index in [0.717, 1.165) is 35.2 Å². The Hall–Kier alpha value is -0.800. The van der Waals surface area contributed by atoms with E-state index in [2.05, 4.69) is 12.2 Å². The topological polar surface area (TPSA) is 15.3 Å². The third kappa shape index (κ3) is 4.92. The van der Waals surface area contributed by atoms with E-state index in [1.165, 1.54) is 6.42 Å². The van der Waals surface area contributed by atoms with E-state index in [0.29, 0.717) is 0 Å². The van der Waals surface area contributed by atoms with Gasteiger partial charge in [0.15, 0.2) is 5.11 Å². The normalized spacial score (nSPS) is 10.1. The van der Waals surface area contributed by atoms with Gasteiger partial charge >= 0.3 is 0 Å². The van der Waals surface area contributed by atoms with Gasteiger partial charge < -0.3 is 10.2 Å². The highest BCUT2D eigenvalue weighted by atomic mass is 35.5. The molecule has 0 amide bonds. The summed E-state index contributed by atoms with van der Waals surface area (Å²) in [5.74, 6) is 0. The second kappa shape index (κ2) is 7.51. The van der Waals surface area contributed by atoms with Crippen molar-refractivity contribution in [2.24, 2.45) is 0 Å². The molecule has 1 N–H and O–H groups in total. The van der Waals surface area contributed by atoms with Crippen LogP contribution in [0.25, 0.3) is 0 Å². The molecule has 0 radical (unpaired) electrons. The number of halogens is 1. The molecule has 0 heterocycles. The first kappa shape index (κ1) is 14.3. The van der Waals surface area contributed by atoms with Crippen LogP contribution in [0.1, 0.15) is 25.3 Å². The Morgan fingerprint density at radius 1 is 1.41 bits per heavy atom. The number of unbranched alkanes of at least 4 members (excludes halogenated alkanes) is 1. The fourth-order valence-corrected chi connectivity index (χ4v) is 1.82. The van der Waals surface area contributed by atoms with Gasteiger partial charge in [-0.2, -0.15) is 0 Å². The molecule has 0 bridgehead atoms. The smallest absolute Gasteiger partial charge is 0.168 e. The Kier molecular flexibility index (Phi) is 6.30. The number of hydrogen-bond donors (Lipinski definition) is 1. The van der Waals surface area contributed by atoms with Crippen molar-refractivity contribution in [2.45, 2.75) is 26.3 Å². The van der Waals surface area contributed by atoms with Crippen LogP contribution in [0.5, 0.6) is 0 Å². The van der Waals surface area contributed by atoms with E-state index >= 15 is 0 Å². The number of nitrogens with zero attached hydrogens (tertiary/aromatic N) is 1. The molecule has 0 unspecified atom stereocenters. The zero-order chi connectivity index (χ0) is 12.7. The molecule has 0 spiro atoms. The van der Waals surface area contributed by atoms with Gasteiger partial charge in [0.1, 0.15) is 0 Å². The van der Waals surface area contributed by atoms with E-state index in [1.54, 1.807) is 0 Å². The summed E-state index contributed by atoms with van der Waals surface area (Å²) in [5.41, 5.74) is 1.09. The summed E-state index contributed by atoms with van der Waals surface area (Å²) in [7, 11) is 1.98. The molecule has 0 saturated carbocycles. The van der Waals surface area contributed by atoms with Crippen LogP contribution in [0.2, 0.25) is 5.02 Å². The van der Waals surface area contributed by atoms with E-state index < -0.39 is 0 Å². The summed E-state index contributed by atoms with van der Waals surface area (Å²) in [4.78, 5) is 2.01. The minimum absolute atomic E-state index is 0.734. The van der Waals surface area contributed by atoms with Gasteiger partial charge in [-0.25, -0.2) is 0 Å². The Morgan fingerprint density at radius 2 is 2.12 bits per heavy atom. The molecular formula is C13H19ClN2S. The van der Waals surface area contributed by atoms with Crippen molar-refractivity contribution in [3.05, 3.63) is 34.9 Å². The van der Waals surface area contributed by atoms with Gasteiger partial charge in [0.05, 0.1) is 0 Å². The lowest BCUT2D eigenvalue weighted by Gasteiger charge is -2.21. The van der Waals surface area contributed by atoms with Crippen LogP contribution in [0.4, 0.5) is 0 Å². The lowest BCUT2D eigenvalue weighted by Crippen LogP contribution is -2.37. The number of rotatable bonds is 5. The number of hydrogen-bond acceptors (Lipinski definition) is 1. The van der Waals surface area contributed by atoms with E-state index in [1.807, 2.05) is 36.2 Å². The molecule has 94 valence electrons. The summed E-state index contributed by atoms with van der Waals surface area (Å²) in [5, 5.41) is 4.80. The van der Waals surface area contributed by atoms with Crippen LogP contribution in [-0.4, -0.2) is 23.6 Å². The highest BCUT2D eigenvalue weighted by molar-refractivity contribution is 7.80. The highest BCUT2D eigenvalue weighted by Crippen LogP contribution is 2.16. The van der Waals surface area contributed by atoms with Crippen LogP contribution in [-0.2, 0) is 6.54 Å². The second-order valence-electron chi connectivity index (χ2n) is 4.03. The summed E-state index contributed by atoms with van der Waals surface area (Å²) < 4.78 is 0. The predicted molar refractivity (Wildman–Crippen MR) is 78.4 cm³/mol. The van der Waals surface area contributed by atoms with Crippen LogP contribution < -0.4 is 5.32 Å². The van der Waals surface area contributed by atoms with Crippen LogP contribution in [0.15, 0.2) is 24.3 Å². The fourth-order valence-electron chi connectivity index (χ4n) is 1.46. The average Bonchev–Trinajstić information content (AvgIpc) is 2.32. The molecule has 0 aliphatic rings. The Balaban J connectivity index is 2.46. The monoisotopic (exact) mass is 270 g/mol. The average molecular weight is 271 g/mol. The van der Waals surface area contributed by atoms with Gasteiger partial charge in [0.2, 0.25) is 0 Å². The van der Waals surface area contributed by atoms with Crippen LogP contribution >= 0.6 is 23.8 Å². The van der Waals surface area contributed by atoms with Crippen LogP contribution in [0.3, 0.4) is 0 Å². The number of nitrogens with one attached hydrogen (secondary N) is 1. The second-order valence-corrected chi connectivity index (χ2v) is 4.83. The highest BCUT2D eigenvalue weighted by Gasteiger charge is 2.06. The fraction of sp³-hybridized carbons (Fsp3) is 0.462. The van der Waals surface area contributed by atoms with Crippen LogP contribution in [0, 0.1) is 0 Å². The maximum Gasteiger partial charge on any atom is 0.168 e. The van der Waals surface area contributed by atoms with Gasteiger partial charge in [-0.15, -0.1) is 0 Å². The quantitative estimate of drug-likeness (QED) is 0.652. The zero-order valence-electron chi connectivity index (χ0n) is 10.4. The minimum atomic E-state index is 0.734. The molecule has 0 aromatic heterocycles. The molecule has 4 heteroatoms. The molecule has 1 aromatic rings. The van der Waals surface area contributed by atoms with Crippen molar-refractivity contribution < 1.29 is 0 Å². The molecule has 0 atom stereocenters. The van der Waals surface area contributed by atoms with E-state index in [4.69, 9.17) is 23.8 Å². The molecular weight excluding hydrogens is 252 g/mol. The lowest BCUT2D eigenvalue weighted by molar-refractivity contribution is 0.487. The Morgan fingerprint density at radius 3 is 2.76 bits per heavy atom. The minimum Gasteiger partial charge on any atom is -0.363 e. The van der Waals surface area contributed by atoms with Crippen molar-refractivity contribution in [3.8, 4) is 0 Å². The summed E-state index contributed by atoms with van der Waals surface area (Å²) >= 11 is 11.4. The van der Waals surface area contributed by atoms with E-state index in [-0.39, 0.29) is 0 Å². The van der Waals surface area contributed by atoms with Crippen molar-refractivity contribution in [2.75, 3.05) is 13.6 Å². The van der Waals surface area contributed by atoms with Gasteiger partial charge in [-0.05, 0) is 30.3 Å². The largest absolute Gasteiger partial charge is 0.363 e. The summed E-state index contributed by atoms with van der Waals surface area (Å²) in [6, 6.07) is 7.85. The molecule has 1 aromatic carbocycles. The summed E-state index contributed by atoms with van der Waals surface area (Å²) in [6.07, 6.45) is 2.31. The molecule has 17 heavy (non-hydrogen) atoms. The lowest BCUT2D eigenvalue weighted by atomic mass is 10.2. The van der Waals surface area contributed by atoms with E-state index in [9.17, 15) is 0 Å². The molecule has 0 aliphatic carbocycles. The Bertz CT molecular complexity index is 368. The van der Waals surface area contributed by atoms with Crippen molar-refractivity contribution in [1.82, 2.24) is 10.2 Å². The summed E-state index contributed by atoms with van der Waals surface area (Å²) in [6.45, 7) is 3.83. The molecule has 0 aliphatic heterocycles. The predicted octanol–water partition coefficient (Wildman–Crippen LogP) is 3.45. The maximum absolute atomic E-state index is 6.11.